The minimum Gasteiger partial charge on any atom is -0.494 e. The first-order valence-electron chi connectivity index (χ1n) is 7.68. The van der Waals surface area contributed by atoms with Gasteiger partial charge >= 0.3 is 0 Å². The molecule has 115 valence electrons. The van der Waals surface area contributed by atoms with Crippen molar-refractivity contribution in [2.45, 2.75) is 32.7 Å². The molecule has 1 aromatic carbocycles. The maximum absolute atomic E-state index is 5.74. The second-order valence-electron chi connectivity index (χ2n) is 4.99. The molecule has 0 bridgehead atoms. The molecule has 0 aliphatic rings. The SMILES string of the molecule is CCCCOc1ccc(OCCC[n+]2ccccc2)cc1.[Y]. The Labute approximate surface area is 158 Å². The van der Waals surface area contributed by atoms with E-state index in [1.54, 1.807) is 0 Å². The van der Waals surface area contributed by atoms with Crippen LogP contribution in [0.1, 0.15) is 26.2 Å². The van der Waals surface area contributed by atoms with Crippen LogP contribution in [0.25, 0.3) is 0 Å². The fourth-order valence-corrected chi connectivity index (χ4v) is 1.99. The van der Waals surface area contributed by atoms with Crippen LogP contribution in [0.3, 0.4) is 0 Å². The van der Waals surface area contributed by atoms with E-state index in [9.17, 15) is 0 Å². The number of hydrogen-bond acceptors (Lipinski definition) is 2. The van der Waals surface area contributed by atoms with Gasteiger partial charge in [-0.15, -0.1) is 0 Å². The molecule has 0 N–H and O–H groups in total. The zero-order valence-electron chi connectivity index (χ0n) is 13.3. The second kappa shape index (κ2) is 11.6. The number of unbranched alkanes of at least 4 members (excludes halogenated alkanes) is 1. The van der Waals surface area contributed by atoms with E-state index in [4.69, 9.17) is 9.47 Å². The molecule has 1 radical (unpaired) electrons. The maximum atomic E-state index is 5.74. The number of benzene rings is 1. The van der Waals surface area contributed by atoms with Crippen LogP contribution in [-0.4, -0.2) is 13.2 Å². The van der Waals surface area contributed by atoms with Crippen molar-refractivity contribution in [2.24, 2.45) is 0 Å². The van der Waals surface area contributed by atoms with Crippen LogP contribution in [-0.2, 0) is 39.3 Å². The van der Waals surface area contributed by atoms with E-state index in [0.717, 1.165) is 50.5 Å². The first kappa shape index (κ1) is 19.1. The smallest absolute Gasteiger partial charge is 0.168 e. The number of rotatable bonds is 9. The van der Waals surface area contributed by atoms with Crippen molar-refractivity contribution in [2.75, 3.05) is 13.2 Å². The molecule has 0 amide bonds. The van der Waals surface area contributed by atoms with Gasteiger partial charge in [0.2, 0.25) is 0 Å². The quantitative estimate of drug-likeness (QED) is 0.494. The van der Waals surface area contributed by atoms with Crippen molar-refractivity contribution in [1.82, 2.24) is 0 Å². The molecular weight excluding hydrogens is 351 g/mol. The minimum absolute atomic E-state index is 0. The number of nitrogens with zero attached hydrogens (tertiary/aromatic N) is 1. The van der Waals surface area contributed by atoms with Crippen molar-refractivity contribution in [3.05, 3.63) is 54.9 Å². The number of pyridine rings is 1. The molecule has 0 unspecified atom stereocenters. The molecule has 2 aromatic rings. The van der Waals surface area contributed by atoms with Crippen LogP contribution in [0.4, 0.5) is 0 Å². The Hall–Kier alpha value is -0.926. The Morgan fingerprint density at radius 2 is 1.36 bits per heavy atom. The van der Waals surface area contributed by atoms with E-state index in [1.165, 1.54) is 0 Å². The van der Waals surface area contributed by atoms with Crippen LogP contribution in [0, 0.1) is 0 Å². The van der Waals surface area contributed by atoms with E-state index >= 15 is 0 Å². The van der Waals surface area contributed by atoms with Gasteiger partial charge in [0, 0.05) is 51.3 Å². The Kier molecular flexibility index (Phi) is 10.1. The first-order chi connectivity index (χ1) is 10.4. The number of aromatic nitrogens is 1. The van der Waals surface area contributed by atoms with Gasteiger partial charge in [-0.3, -0.25) is 0 Å². The number of aryl methyl sites for hydroxylation is 1. The minimum atomic E-state index is 0. The fourth-order valence-electron chi connectivity index (χ4n) is 1.99. The molecular formula is C18H24NO2Y+. The van der Waals surface area contributed by atoms with E-state index < -0.39 is 0 Å². The van der Waals surface area contributed by atoms with Crippen molar-refractivity contribution in [1.29, 1.82) is 0 Å². The third-order valence-electron chi connectivity index (χ3n) is 3.20. The molecule has 1 aromatic heterocycles. The van der Waals surface area contributed by atoms with Gasteiger partial charge in [0.05, 0.1) is 13.2 Å². The van der Waals surface area contributed by atoms with Crippen LogP contribution < -0.4 is 14.0 Å². The predicted molar refractivity (Wildman–Crippen MR) is 83.6 cm³/mol. The van der Waals surface area contributed by atoms with Crippen LogP contribution in [0.15, 0.2) is 54.9 Å². The molecule has 0 atom stereocenters. The monoisotopic (exact) mass is 375 g/mol. The third-order valence-corrected chi connectivity index (χ3v) is 3.20. The summed E-state index contributed by atoms with van der Waals surface area (Å²) in [4.78, 5) is 0. The molecule has 1 heterocycles. The summed E-state index contributed by atoms with van der Waals surface area (Å²) in [5.41, 5.74) is 0. The molecule has 22 heavy (non-hydrogen) atoms. The summed E-state index contributed by atoms with van der Waals surface area (Å²) < 4.78 is 13.5. The van der Waals surface area contributed by atoms with E-state index in [0.29, 0.717) is 0 Å². The molecule has 3 nitrogen and oxygen atoms in total. The summed E-state index contributed by atoms with van der Waals surface area (Å²) in [5, 5.41) is 0. The summed E-state index contributed by atoms with van der Waals surface area (Å²) in [7, 11) is 0. The van der Waals surface area contributed by atoms with E-state index in [-0.39, 0.29) is 32.7 Å². The molecule has 2 rings (SSSR count). The standard InChI is InChI=1S/C18H24NO2.Y/c1-2-3-15-20-17-8-10-18(11-9-17)21-16-7-14-19-12-5-4-6-13-19;/h4-6,8-13H,2-3,7,14-16H2,1H3;/q+1;. The Balaban J connectivity index is 0.00000242. The Morgan fingerprint density at radius 3 is 1.91 bits per heavy atom. The molecule has 0 saturated carbocycles. The van der Waals surface area contributed by atoms with Crippen molar-refractivity contribution >= 4 is 0 Å². The summed E-state index contributed by atoms with van der Waals surface area (Å²) in [6, 6.07) is 14.0. The Morgan fingerprint density at radius 1 is 0.818 bits per heavy atom. The van der Waals surface area contributed by atoms with E-state index in [1.807, 2.05) is 42.5 Å². The van der Waals surface area contributed by atoms with E-state index in [2.05, 4.69) is 23.9 Å². The zero-order valence-corrected chi connectivity index (χ0v) is 16.1. The predicted octanol–water partition coefficient (Wildman–Crippen LogP) is 3.62. The summed E-state index contributed by atoms with van der Waals surface area (Å²) in [6.07, 6.45) is 7.38. The molecule has 0 spiro atoms. The molecule has 0 aliphatic heterocycles. The van der Waals surface area contributed by atoms with Gasteiger partial charge in [-0.25, -0.2) is 4.57 Å². The summed E-state index contributed by atoms with van der Waals surface area (Å²) in [6.45, 7) is 4.63. The third kappa shape index (κ3) is 7.37. The van der Waals surface area contributed by atoms with Gasteiger partial charge in [0.15, 0.2) is 18.9 Å². The average Bonchev–Trinajstić information content (AvgIpc) is 2.54. The summed E-state index contributed by atoms with van der Waals surface area (Å²) >= 11 is 0. The van der Waals surface area contributed by atoms with Crippen LogP contribution in [0.2, 0.25) is 0 Å². The van der Waals surface area contributed by atoms with Gasteiger partial charge in [-0.1, -0.05) is 19.4 Å². The van der Waals surface area contributed by atoms with Crippen LogP contribution >= 0.6 is 0 Å². The van der Waals surface area contributed by atoms with Gasteiger partial charge in [-0.2, -0.15) is 0 Å². The molecule has 0 fully saturated rings. The van der Waals surface area contributed by atoms with Crippen molar-refractivity contribution < 1.29 is 46.7 Å². The normalized spacial score (nSPS) is 9.86. The topological polar surface area (TPSA) is 22.3 Å². The molecule has 0 aliphatic carbocycles. The average molecular weight is 375 g/mol. The van der Waals surface area contributed by atoms with Crippen LogP contribution in [0.5, 0.6) is 11.5 Å². The zero-order chi connectivity index (χ0) is 14.8. The number of ether oxygens (including phenoxy) is 2. The largest absolute Gasteiger partial charge is 0.494 e. The van der Waals surface area contributed by atoms with Crippen molar-refractivity contribution in [3.63, 3.8) is 0 Å². The van der Waals surface area contributed by atoms with Gasteiger partial charge in [0.1, 0.15) is 11.5 Å². The van der Waals surface area contributed by atoms with Gasteiger partial charge in [-0.05, 0) is 30.7 Å². The van der Waals surface area contributed by atoms with Crippen molar-refractivity contribution in [3.8, 4) is 11.5 Å². The van der Waals surface area contributed by atoms with Gasteiger partial charge < -0.3 is 9.47 Å². The van der Waals surface area contributed by atoms with Gasteiger partial charge in [0.25, 0.3) is 0 Å². The maximum Gasteiger partial charge on any atom is 0.168 e. The fraction of sp³-hybridized carbons (Fsp3) is 0.389. The molecule has 4 heteroatoms. The Bertz CT molecular complexity index is 502. The molecule has 0 saturated heterocycles. The number of hydrogen-bond donors (Lipinski definition) is 0. The second-order valence-corrected chi connectivity index (χ2v) is 4.99. The summed E-state index contributed by atoms with van der Waals surface area (Å²) in [5.74, 6) is 1.81. The first-order valence-corrected chi connectivity index (χ1v) is 7.68.